The van der Waals surface area contributed by atoms with Gasteiger partial charge >= 0.3 is 0 Å². The van der Waals surface area contributed by atoms with E-state index in [1.54, 1.807) is 19.2 Å². The summed E-state index contributed by atoms with van der Waals surface area (Å²) in [4.78, 5) is 0. The van der Waals surface area contributed by atoms with Crippen LogP contribution in [0.15, 0.2) is 34.8 Å². The third-order valence-corrected chi connectivity index (χ3v) is 4.96. The first-order chi connectivity index (χ1) is 13.1. The molecule has 0 bridgehead atoms. The molecule has 0 aliphatic carbocycles. The summed E-state index contributed by atoms with van der Waals surface area (Å²) in [6.07, 6.45) is 0.941. The van der Waals surface area contributed by atoms with Gasteiger partial charge in [0.2, 0.25) is 0 Å². The van der Waals surface area contributed by atoms with Crippen LogP contribution in [0.5, 0.6) is 11.5 Å². The number of hydrogen-bond acceptors (Lipinski definition) is 4. The molecule has 0 saturated heterocycles. The van der Waals surface area contributed by atoms with E-state index in [1.807, 2.05) is 19.1 Å². The van der Waals surface area contributed by atoms with Gasteiger partial charge in [-0.1, -0.05) is 33.6 Å². The summed E-state index contributed by atoms with van der Waals surface area (Å²) in [5, 5.41) is 3.70. The Kier molecular flexibility index (Phi) is 9.34. The first-order valence-electron chi connectivity index (χ1n) is 8.77. The standard InChI is InChI=1S/C20H24BrClFNO3/c1-3-26-19-10-14(12-24-8-5-9-25-2)16(21)11-20(19)27-13-15-17(22)6-4-7-18(15)23/h4,6-7,10-11,24H,3,5,8-9,12-13H2,1-2H3. The zero-order valence-electron chi connectivity index (χ0n) is 15.5. The van der Waals surface area contributed by atoms with Gasteiger partial charge in [-0.05, 0) is 49.7 Å². The van der Waals surface area contributed by atoms with Gasteiger partial charge in [0.1, 0.15) is 12.4 Å². The number of ether oxygens (including phenoxy) is 3. The molecular weight excluding hydrogens is 437 g/mol. The second-order valence-corrected chi connectivity index (χ2v) is 7.10. The Morgan fingerprint density at radius 2 is 1.96 bits per heavy atom. The highest BCUT2D eigenvalue weighted by Gasteiger charge is 2.13. The number of hydrogen-bond donors (Lipinski definition) is 1. The third-order valence-electron chi connectivity index (χ3n) is 3.86. The van der Waals surface area contributed by atoms with E-state index >= 15 is 0 Å². The first kappa shape index (κ1) is 22.0. The van der Waals surface area contributed by atoms with E-state index in [-0.39, 0.29) is 6.61 Å². The minimum Gasteiger partial charge on any atom is -0.490 e. The molecule has 0 fully saturated rings. The maximum atomic E-state index is 14.0. The molecule has 0 amide bonds. The minimum absolute atomic E-state index is 0.0205. The Morgan fingerprint density at radius 1 is 1.19 bits per heavy atom. The molecule has 7 heteroatoms. The number of halogens is 3. The summed E-state index contributed by atoms with van der Waals surface area (Å²) in [6.45, 7) is 4.69. The summed E-state index contributed by atoms with van der Waals surface area (Å²) in [7, 11) is 1.69. The lowest BCUT2D eigenvalue weighted by atomic mass is 10.2. The van der Waals surface area contributed by atoms with Crippen molar-refractivity contribution in [2.45, 2.75) is 26.5 Å². The van der Waals surface area contributed by atoms with Gasteiger partial charge in [0.05, 0.1) is 11.6 Å². The predicted octanol–water partition coefficient (Wildman–Crippen LogP) is 5.35. The van der Waals surface area contributed by atoms with Crippen molar-refractivity contribution in [3.63, 3.8) is 0 Å². The average Bonchev–Trinajstić information content (AvgIpc) is 2.64. The highest BCUT2D eigenvalue weighted by Crippen LogP contribution is 2.35. The van der Waals surface area contributed by atoms with Crippen molar-refractivity contribution < 1.29 is 18.6 Å². The van der Waals surface area contributed by atoms with Crippen LogP contribution in [0.3, 0.4) is 0 Å². The molecule has 0 aromatic heterocycles. The van der Waals surface area contributed by atoms with Gasteiger partial charge in [0.15, 0.2) is 11.5 Å². The van der Waals surface area contributed by atoms with E-state index < -0.39 is 5.82 Å². The third kappa shape index (κ3) is 6.64. The van der Waals surface area contributed by atoms with Crippen molar-refractivity contribution in [2.75, 3.05) is 26.9 Å². The van der Waals surface area contributed by atoms with Crippen LogP contribution >= 0.6 is 27.5 Å². The lowest BCUT2D eigenvalue weighted by Crippen LogP contribution is -2.16. The van der Waals surface area contributed by atoms with Crippen molar-refractivity contribution in [2.24, 2.45) is 0 Å². The van der Waals surface area contributed by atoms with E-state index in [0.29, 0.717) is 35.2 Å². The van der Waals surface area contributed by atoms with E-state index in [1.165, 1.54) is 6.07 Å². The summed E-state index contributed by atoms with van der Waals surface area (Å²) in [5.41, 5.74) is 1.37. The van der Waals surface area contributed by atoms with Gasteiger partial charge < -0.3 is 19.5 Å². The Balaban J connectivity index is 2.10. The molecule has 0 aliphatic heterocycles. The number of benzene rings is 2. The fourth-order valence-electron chi connectivity index (χ4n) is 2.48. The fraction of sp³-hybridized carbons (Fsp3) is 0.400. The molecule has 0 aliphatic rings. The zero-order chi connectivity index (χ0) is 19.6. The quantitative estimate of drug-likeness (QED) is 0.459. The number of methoxy groups -OCH3 is 1. The first-order valence-corrected chi connectivity index (χ1v) is 9.94. The summed E-state index contributed by atoms with van der Waals surface area (Å²) < 4.78 is 31.4. The van der Waals surface area contributed by atoms with Crippen molar-refractivity contribution in [3.05, 3.63) is 56.8 Å². The Labute approximate surface area is 173 Å². The molecule has 2 rings (SSSR count). The molecule has 148 valence electrons. The molecule has 0 heterocycles. The van der Waals surface area contributed by atoms with Gasteiger partial charge in [-0.25, -0.2) is 4.39 Å². The fourth-order valence-corrected chi connectivity index (χ4v) is 3.16. The Morgan fingerprint density at radius 3 is 2.67 bits per heavy atom. The van der Waals surface area contributed by atoms with Gasteiger partial charge in [-0.2, -0.15) is 0 Å². The smallest absolute Gasteiger partial charge is 0.162 e. The van der Waals surface area contributed by atoms with Gasteiger partial charge in [0, 0.05) is 30.3 Å². The van der Waals surface area contributed by atoms with E-state index in [0.717, 1.165) is 29.6 Å². The van der Waals surface area contributed by atoms with Crippen molar-refractivity contribution in [1.82, 2.24) is 5.32 Å². The molecule has 1 N–H and O–H groups in total. The highest BCUT2D eigenvalue weighted by molar-refractivity contribution is 9.10. The Hall–Kier alpha value is -1.34. The van der Waals surface area contributed by atoms with Crippen LogP contribution in [0.2, 0.25) is 5.02 Å². The van der Waals surface area contributed by atoms with Crippen LogP contribution in [0.25, 0.3) is 0 Å². The van der Waals surface area contributed by atoms with Crippen LogP contribution in [-0.2, 0) is 17.9 Å². The zero-order valence-corrected chi connectivity index (χ0v) is 17.8. The highest BCUT2D eigenvalue weighted by atomic mass is 79.9. The van der Waals surface area contributed by atoms with Crippen LogP contribution < -0.4 is 14.8 Å². The van der Waals surface area contributed by atoms with Crippen LogP contribution in [-0.4, -0.2) is 26.9 Å². The van der Waals surface area contributed by atoms with Crippen molar-refractivity contribution in [1.29, 1.82) is 0 Å². The lowest BCUT2D eigenvalue weighted by molar-refractivity contribution is 0.194. The second-order valence-electron chi connectivity index (χ2n) is 5.84. The maximum absolute atomic E-state index is 14.0. The molecule has 0 spiro atoms. The van der Waals surface area contributed by atoms with Gasteiger partial charge in [-0.15, -0.1) is 0 Å². The molecule has 0 radical (unpaired) electrons. The summed E-state index contributed by atoms with van der Waals surface area (Å²) in [6, 6.07) is 8.34. The molecular formula is C20H24BrClFNO3. The topological polar surface area (TPSA) is 39.7 Å². The Bertz CT molecular complexity index is 725. The van der Waals surface area contributed by atoms with Gasteiger partial charge in [-0.3, -0.25) is 0 Å². The molecule has 0 atom stereocenters. The lowest BCUT2D eigenvalue weighted by Gasteiger charge is -2.16. The molecule has 2 aromatic rings. The summed E-state index contributed by atoms with van der Waals surface area (Å²) >= 11 is 9.64. The molecule has 27 heavy (non-hydrogen) atoms. The molecule has 2 aromatic carbocycles. The van der Waals surface area contributed by atoms with E-state index in [2.05, 4.69) is 21.2 Å². The number of nitrogens with one attached hydrogen (secondary N) is 1. The largest absolute Gasteiger partial charge is 0.490 e. The SMILES string of the molecule is CCOc1cc(CNCCCOC)c(Br)cc1OCc1c(F)cccc1Cl. The number of rotatable bonds is 11. The molecule has 0 unspecified atom stereocenters. The molecule has 4 nitrogen and oxygen atoms in total. The van der Waals surface area contributed by atoms with Crippen LogP contribution in [0, 0.1) is 5.82 Å². The van der Waals surface area contributed by atoms with Crippen LogP contribution in [0.4, 0.5) is 4.39 Å². The van der Waals surface area contributed by atoms with Gasteiger partial charge in [0.25, 0.3) is 0 Å². The summed E-state index contributed by atoms with van der Waals surface area (Å²) in [5.74, 6) is 0.754. The monoisotopic (exact) mass is 459 g/mol. The normalized spacial score (nSPS) is 10.9. The minimum atomic E-state index is -0.392. The van der Waals surface area contributed by atoms with E-state index in [9.17, 15) is 4.39 Å². The molecule has 0 saturated carbocycles. The predicted molar refractivity (Wildman–Crippen MR) is 109 cm³/mol. The second kappa shape index (κ2) is 11.5. The average molecular weight is 461 g/mol. The van der Waals surface area contributed by atoms with Crippen molar-refractivity contribution in [3.8, 4) is 11.5 Å². The van der Waals surface area contributed by atoms with E-state index in [4.69, 9.17) is 25.8 Å². The maximum Gasteiger partial charge on any atom is 0.162 e. The van der Waals surface area contributed by atoms with Crippen LogP contribution in [0.1, 0.15) is 24.5 Å². The van der Waals surface area contributed by atoms with Crippen molar-refractivity contribution >= 4 is 27.5 Å².